The molecule has 0 aromatic rings. The topological polar surface area (TPSA) is 61.4 Å². The van der Waals surface area contributed by atoms with E-state index in [2.05, 4.69) is 10.0 Å². The van der Waals surface area contributed by atoms with Gasteiger partial charge in [0.2, 0.25) is 0 Å². The van der Waals surface area contributed by atoms with Crippen molar-refractivity contribution < 1.29 is 8.42 Å². The molecule has 2 unspecified atom stereocenters. The predicted octanol–water partition coefficient (Wildman–Crippen LogP) is 0.590. The normalized spacial score (nSPS) is 37.9. The summed E-state index contributed by atoms with van der Waals surface area (Å²) in [4.78, 5) is 0. The van der Waals surface area contributed by atoms with E-state index in [1.54, 1.807) is 4.31 Å². The molecule has 0 aromatic heterocycles. The van der Waals surface area contributed by atoms with E-state index in [4.69, 9.17) is 0 Å². The fourth-order valence-electron chi connectivity index (χ4n) is 3.54. The highest BCUT2D eigenvalue weighted by atomic mass is 32.2. The Morgan fingerprint density at radius 1 is 1.00 bits per heavy atom. The molecule has 6 heteroatoms. The highest BCUT2D eigenvalue weighted by molar-refractivity contribution is 7.87. The highest BCUT2D eigenvalue weighted by Gasteiger charge is 2.36. The maximum Gasteiger partial charge on any atom is 0.279 e. The minimum absolute atomic E-state index is 0.135. The molecule has 0 aliphatic carbocycles. The first kappa shape index (κ1) is 12.8. The molecule has 0 amide bonds. The van der Waals surface area contributed by atoms with Crippen molar-refractivity contribution in [2.75, 3.05) is 13.1 Å². The molecule has 5 nitrogen and oxygen atoms in total. The number of rotatable bonds is 3. The van der Waals surface area contributed by atoms with Crippen molar-refractivity contribution in [3.05, 3.63) is 0 Å². The maximum atomic E-state index is 12.3. The van der Waals surface area contributed by atoms with Crippen LogP contribution in [0.15, 0.2) is 0 Å². The average Bonchev–Trinajstić information content (AvgIpc) is 2.69. The third-order valence-electron chi connectivity index (χ3n) is 4.44. The van der Waals surface area contributed by atoms with Gasteiger partial charge in [-0.15, -0.1) is 0 Å². The van der Waals surface area contributed by atoms with Crippen LogP contribution in [0.5, 0.6) is 0 Å². The Hall–Kier alpha value is -0.170. The van der Waals surface area contributed by atoms with Crippen LogP contribution in [-0.2, 0) is 10.2 Å². The Morgan fingerprint density at radius 2 is 1.61 bits per heavy atom. The first-order chi connectivity index (χ1) is 8.63. The van der Waals surface area contributed by atoms with E-state index in [-0.39, 0.29) is 6.04 Å². The zero-order valence-corrected chi connectivity index (χ0v) is 11.6. The lowest BCUT2D eigenvalue weighted by atomic mass is 10.0. The molecule has 2 bridgehead atoms. The molecule has 3 saturated heterocycles. The molecule has 0 aromatic carbocycles. The molecule has 2 atom stereocenters. The summed E-state index contributed by atoms with van der Waals surface area (Å²) in [7, 11) is -3.25. The summed E-state index contributed by atoms with van der Waals surface area (Å²) in [5, 5.41) is 3.54. The summed E-state index contributed by atoms with van der Waals surface area (Å²) in [6.07, 6.45) is 7.45. The van der Waals surface area contributed by atoms with Crippen LogP contribution in [0, 0.1) is 0 Å². The molecular formula is C12H23N3O2S. The van der Waals surface area contributed by atoms with Gasteiger partial charge >= 0.3 is 0 Å². The molecule has 3 heterocycles. The van der Waals surface area contributed by atoms with Crippen LogP contribution in [0.1, 0.15) is 44.9 Å². The third-order valence-corrected chi connectivity index (χ3v) is 6.12. The van der Waals surface area contributed by atoms with Crippen molar-refractivity contribution in [2.24, 2.45) is 0 Å². The van der Waals surface area contributed by atoms with Crippen LogP contribution in [-0.4, -0.2) is 43.9 Å². The Balaban J connectivity index is 1.61. The van der Waals surface area contributed by atoms with Gasteiger partial charge in [-0.3, -0.25) is 0 Å². The van der Waals surface area contributed by atoms with E-state index in [0.29, 0.717) is 25.2 Å². The second kappa shape index (κ2) is 5.07. The average molecular weight is 273 g/mol. The zero-order chi connectivity index (χ0) is 12.6. The number of hydrogen-bond acceptors (Lipinski definition) is 3. The number of fused-ring (bicyclic) bond motifs is 2. The van der Waals surface area contributed by atoms with Crippen molar-refractivity contribution in [3.8, 4) is 0 Å². The molecule has 3 aliphatic rings. The first-order valence-corrected chi connectivity index (χ1v) is 8.61. The maximum absolute atomic E-state index is 12.3. The van der Waals surface area contributed by atoms with Gasteiger partial charge in [-0.05, 0) is 38.5 Å². The van der Waals surface area contributed by atoms with Gasteiger partial charge in [-0.2, -0.15) is 17.4 Å². The van der Waals surface area contributed by atoms with E-state index in [0.717, 1.165) is 32.1 Å². The summed E-state index contributed by atoms with van der Waals surface area (Å²) in [6.45, 7) is 1.38. The second-order valence-electron chi connectivity index (χ2n) is 5.89. The van der Waals surface area contributed by atoms with Gasteiger partial charge < -0.3 is 5.32 Å². The van der Waals surface area contributed by atoms with Gasteiger partial charge in [0.1, 0.15) is 0 Å². The predicted molar refractivity (Wildman–Crippen MR) is 70.4 cm³/mol. The van der Waals surface area contributed by atoms with Crippen molar-refractivity contribution >= 4 is 10.2 Å². The quantitative estimate of drug-likeness (QED) is 0.791. The fourth-order valence-corrected chi connectivity index (χ4v) is 5.05. The van der Waals surface area contributed by atoms with Gasteiger partial charge in [-0.25, -0.2) is 0 Å². The van der Waals surface area contributed by atoms with E-state index in [1.165, 1.54) is 12.8 Å². The Kier molecular flexibility index (Phi) is 3.62. The van der Waals surface area contributed by atoms with E-state index >= 15 is 0 Å². The van der Waals surface area contributed by atoms with Crippen LogP contribution in [0.2, 0.25) is 0 Å². The molecule has 3 aliphatic heterocycles. The standard InChI is InChI=1S/C12H23N3O2S/c16-18(17,15-6-2-1-3-7-15)14-12-8-10-4-5-11(9-12)13-10/h10-14H,1-9H2. The molecule has 2 N–H and O–H groups in total. The third kappa shape index (κ3) is 2.71. The number of nitrogens with one attached hydrogen (secondary N) is 2. The van der Waals surface area contributed by atoms with E-state index in [9.17, 15) is 8.42 Å². The van der Waals surface area contributed by atoms with Gasteiger partial charge in [-0.1, -0.05) is 6.42 Å². The summed E-state index contributed by atoms with van der Waals surface area (Å²) in [5.74, 6) is 0. The minimum atomic E-state index is -3.25. The van der Waals surface area contributed by atoms with Crippen LogP contribution >= 0.6 is 0 Å². The molecule has 0 radical (unpaired) electrons. The molecule has 3 fully saturated rings. The highest BCUT2D eigenvalue weighted by Crippen LogP contribution is 2.27. The molecule has 104 valence electrons. The Morgan fingerprint density at radius 3 is 2.22 bits per heavy atom. The number of nitrogens with zero attached hydrogens (tertiary/aromatic N) is 1. The first-order valence-electron chi connectivity index (χ1n) is 7.17. The van der Waals surface area contributed by atoms with Crippen molar-refractivity contribution in [1.82, 2.24) is 14.3 Å². The molecule has 18 heavy (non-hydrogen) atoms. The second-order valence-corrected chi connectivity index (χ2v) is 7.59. The Bertz CT molecular complexity index is 380. The summed E-state index contributed by atoms with van der Waals surface area (Å²) in [6, 6.07) is 1.19. The largest absolute Gasteiger partial charge is 0.311 e. The van der Waals surface area contributed by atoms with Crippen molar-refractivity contribution in [1.29, 1.82) is 0 Å². The number of piperidine rings is 2. The monoisotopic (exact) mass is 273 g/mol. The summed E-state index contributed by atoms with van der Waals surface area (Å²) in [5.41, 5.74) is 0. The molecule has 0 saturated carbocycles. The van der Waals surface area contributed by atoms with Gasteiger partial charge in [0.25, 0.3) is 10.2 Å². The smallest absolute Gasteiger partial charge is 0.279 e. The fraction of sp³-hybridized carbons (Fsp3) is 1.00. The van der Waals surface area contributed by atoms with E-state index in [1.807, 2.05) is 0 Å². The van der Waals surface area contributed by atoms with Crippen molar-refractivity contribution in [2.45, 2.75) is 63.1 Å². The minimum Gasteiger partial charge on any atom is -0.311 e. The molecule has 0 spiro atoms. The number of hydrogen-bond donors (Lipinski definition) is 2. The van der Waals surface area contributed by atoms with Crippen LogP contribution in [0.25, 0.3) is 0 Å². The van der Waals surface area contributed by atoms with Crippen molar-refractivity contribution in [3.63, 3.8) is 0 Å². The Labute approximate surface area is 109 Å². The van der Waals surface area contributed by atoms with Gasteiger partial charge in [0.05, 0.1) is 0 Å². The summed E-state index contributed by atoms with van der Waals surface area (Å²) >= 11 is 0. The van der Waals surface area contributed by atoms with Crippen LogP contribution < -0.4 is 10.0 Å². The lowest BCUT2D eigenvalue weighted by molar-refractivity contribution is 0.315. The lowest BCUT2D eigenvalue weighted by Gasteiger charge is -2.32. The van der Waals surface area contributed by atoms with Gasteiger partial charge in [0.15, 0.2) is 0 Å². The van der Waals surface area contributed by atoms with Crippen LogP contribution in [0.4, 0.5) is 0 Å². The van der Waals surface area contributed by atoms with Gasteiger partial charge in [0, 0.05) is 31.2 Å². The zero-order valence-electron chi connectivity index (χ0n) is 10.8. The van der Waals surface area contributed by atoms with E-state index < -0.39 is 10.2 Å². The molecular weight excluding hydrogens is 250 g/mol. The lowest BCUT2D eigenvalue weighted by Crippen LogP contribution is -2.52. The molecule has 3 rings (SSSR count). The SMILES string of the molecule is O=S(=O)(NC1CC2CCC(C1)N2)N1CCCCC1. The van der Waals surface area contributed by atoms with Crippen LogP contribution in [0.3, 0.4) is 0 Å². The summed E-state index contributed by atoms with van der Waals surface area (Å²) < 4.78 is 29.1.